The summed E-state index contributed by atoms with van der Waals surface area (Å²) >= 11 is 1.24. The van der Waals surface area contributed by atoms with Gasteiger partial charge in [-0.2, -0.15) is 0 Å². The Kier molecular flexibility index (Phi) is 7.55. The fourth-order valence-corrected chi connectivity index (χ4v) is 5.61. The van der Waals surface area contributed by atoms with Crippen molar-refractivity contribution in [2.75, 3.05) is 50.5 Å². The molecule has 12 heteroatoms. The number of nitro benzene ring substituents is 1. The molecule has 0 N–H and O–H groups in total. The van der Waals surface area contributed by atoms with Crippen LogP contribution in [-0.2, 0) is 19.4 Å². The van der Waals surface area contributed by atoms with E-state index < -0.39 is 14.8 Å². The Labute approximate surface area is 206 Å². The number of non-ortho nitro benzene ring substituents is 1. The molecule has 1 aliphatic heterocycles. The zero-order valence-corrected chi connectivity index (χ0v) is 20.6. The van der Waals surface area contributed by atoms with Crippen LogP contribution in [0.4, 0.5) is 10.8 Å². The van der Waals surface area contributed by atoms with Gasteiger partial charge >= 0.3 is 0 Å². The van der Waals surface area contributed by atoms with Gasteiger partial charge in [-0.15, -0.1) is 0 Å². The zero-order valence-electron chi connectivity index (χ0n) is 19.0. The third kappa shape index (κ3) is 6.09. The number of benzene rings is 2. The molecule has 0 spiro atoms. The van der Waals surface area contributed by atoms with E-state index in [9.17, 15) is 23.3 Å². The van der Waals surface area contributed by atoms with Crippen LogP contribution in [0.2, 0.25) is 0 Å². The molecule has 1 fully saturated rings. The summed E-state index contributed by atoms with van der Waals surface area (Å²) in [5, 5.41) is 11.4. The lowest BCUT2D eigenvalue weighted by Crippen LogP contribution is -2.42. The van der Waals surface area contributed by atoms with Crippen LogP contribution in [0.3, 0.4) is 0 Å². The van der Waals surface area contributed by atoms with Crippen LogP contribution in [0, 0.1) is 10.1 Å². The maximum Gasteiger partial charge on any atom is 0.270 e. The number of carbonyl (C=O) groups is 1. The molecule has 0 radical (unpaired) electrons. The Morgan fingerprint density at radius 2 is 2.00 bits per heavy atom. The molecule has 1 aromatic heterocycles. The largest absolute Gasteiger partial charge is 0.379 e. The second-order valence-electron chi connectivity index (χ2n) is 8.00. The summed E-state index contributed by atoms with van der Waals surface area (Å²) in [7, 11) is -3.50. The number of para-hydroxylation sites is 1. The SMILES string of the molecule is CS(=O)(=O)c1cccc2sc(N(CCN3CCOCC3)C(=O)/C=C/c3cccc([N+](=O)[O-])c3)nc12. The standard InChI is InChI=1S/C23H24N4O6S2/c1-35(31,32)20-7-3-6-19-22(20)24-23(34-19)26(11-10-25-12-14-33-15-13-25)21(28)9-8-17-4-2-5-18(16-17)27(29)30/h2-9,16H,10-15H2,1H3/b9-8+. The number of fused-ring (bicyclic) bond motifs is 1. The number of aromatic nitrogens is 1. The fourth-order valence-electron chi connectivity index (χ4n) is 3.69. The van der Waals surface area contributed by atoms with Crippen LogP contribution in [0.25, 0.3) is 16.3 Å². The molecule has 10 nitrogen and oxygen atoms in total. The first-order valence-electron chi connectivity index (χ1n) is 10.9. The maximum absolute atomic E-state index is 13.3. The average Bonchev–Trinajstić information content (AvgIpc) is 3.27. The van der Waals surface area contributed by atoms with Gasteiger partial charge < -0.3 is 4.74 Å². The van der Waals surface area contributed by atoms with Gasteiger partial charge in [0.2, 0.25) is 0 Å². The number of morpholine rings is 1. The number of carbonyl (C=O) groups excluding carboxylic acids is 1. The van der Waals surface area contributed by atoms with Crippen molar-refractivity contribution in [3.05, 3.63) is 64.2 Å². The number of nitro groups is 1. The van der Waals surface area contributed by atoms with Crippen molar-refractivity contribution in [1.29, 1.82) is 0 Å². The molecule has 2 heterocycles. The maximum atomic E-state index is 13.3. The third-order valence-electron chi connectivity index (χ3n) is 5.51. The number of ether oxygens (including phenoxy) is 1. The number of sulfone groups is 1. The van der Waals surface area contributed by atoms with Crippen molar-refractivity contribution in [3.8, 4) is 0 Å². The number of amides is 1. The smallest absolute Gasteiger partial charge is 0.270 e. The highest BCUT2D eigenvalue weighted by atomic mass is 32.2. The highest BCUT2D eigenvalue weighted by Gasteiger charge is 2.22. The summed E-state index contributed by atoms with van der Waals surface area (Å²) in [6.45, 7) is 3.69. The van der Waals surface area contributed by atoms with Crippen LogP contribution in [-0.4, -0.2) is 74.8 Å². The zero-order chi connectivity index (χ0) is 25.0. The highest BCUT2D eigenvalue weighted by Crippen LogP contribution is 2.33. The molecule has 2 aromatic carbocycles. The van der Waals surface area contributed by atoms with Gasteiger partial charge in [-0.25, -0.2) is 13.4 Å². The molecule has 184 valence electrons. The topological polar surface area (TPSA) is 123 Å². The van der Waals surface area contributed by atoms with Crippen LogP contribution in [0.5, 0.6) is 0 Å². The van der Waals surface area contributed by atoms with Gasteiger partial charge in [0, 0.05) is 50.6 Å². The van der Waals surface area contributed by atoms with Gasteiger partial charge in [0.15, 0.2) is 15.0 Å². The monoisotopic (exact) mass is 516 g/mol. The molecule has 0 atom stereocenters. The second kappa shape index (κ2) is 10.6. The second-order valence-corrected chi connectivity index (χ2v) is 11.0. The van der Waals surface area contributed by atoms with E-state index in [0.717, 1.165) is 19.3 Å². The average molecular weight is 517 g/mol. The predicted molar refractivity (Wildman–Crippen MR) is 134 cm³/mol. The van der Waals surface area contributed by atoms with E-state index >= 15 is 0 Å². The van der Waals surface area contributed by atoms with Crippen molar-refractivity contribution in [2.24, 2.45) is 0 Å². The van der Waals surface area contributed by atoms with E-state index in [-0.39, 0.29) is 16.5 Å². The first-order valence-corrected chi connectivity index (χ1v) is 13.6. The molecule has 1 saturated heterocycles. The molecule has 3 aromatic rings. The van der Waals surface area contributed by atoms with Gasteiger partial charge in [0.1, 0.15) is 5.52 Å². The molecule has 0 aliphatic carbocycles. The van der Waals surface area contributed by atoms with Crippen molar-refractivity contribution in [2.45, 2.75) is 4.90 Å². The summed E-state index contributed by atoms with van der Waals surface area (Å²) in [6.07, 6.45) is 4.00. The Balaban J connectivity index is 1.65. The number of anilines is 1. The fraction of sp³-hybridized carbons (Fsp3) is 0.304. The number of thiazole rings is 1. The molecule has 0 unspecified atom stereocenters. The molecule has 0 saturated carbocycles. The van der Waals surface area contributed by atoms with Gasteiger partial charge in [-0.1, -0.05) is 29.5 Å². The van der Waals surface area contributed by atoms with Crippen molar-refractivity contribution >= 4 is 54.2 Å². The van der Waals surface area contributed by atoms with Crippen LogP contribution < -0.4 is 4.90 Å². The Hall–Kier alpha value is -3.19. The van der Waals surface area contributed by atoms with Gasteiger partial charge in [-0.05, 0) is 23.8 Å². The van der Waals surface area contributed by atoms with Gasteiger partial charge in [-0.3, -0.25) is 24.7 Å². The molecule has 35 heavy (non-hydrogen) atoms. The predicted octanol–water partition coefficient (Wildman–Crippen LogP) is 2.99. The Morgan fingerprint density at radius 3 is 2.71 bits per heavy atom. The van der Waals surface area contributed by atoms with E-state index in [1.54, 1.807) is 24.3 Å². The molecular weight excluding hydrogens is 492 g/mol. The molecular formula is C23H24N4O6S2. The van der Waals surface area contributed by atoms with Crippen molar-refractivity contribution < 1.29 is 22.9 Å². The third-order valence-corrected chi connectivity index (χ3v) is 7.68. The minimum absolute atomic E-state index is 0.0664. The van der Waals surface area contributed by atoms with E-state index in [1.807, 2.05) is 0 Å². The minimum Gasteiger partial charge on any atom is -0.379 e. The Morgan fingerprint density at radius 1 is 1.26 bits per heavy atom. The van der Waals surface area contributed by atoms with Gasteiger partial charge in [0.25, 0.3) is 11.6 Å². The van der Waals surface area contributed by atoms with Crippen LogP contribution in [0.15, 0.2) is 53.4 Å². The van der Waals surface area contributed by atoms with E-state index in [1.165, 1.54) is 46.6 Å². The summed E-state index contributed by atoms with van der Waals surface area (Å²) < 4.78 is 30.5. The first-order chi connectivity index (χ1) is 16.7. The van der Waals surface area contributed by atoms with Crippen LogP contribution >= 0.6 is 11.3 Å². The number of hydrogen-bond donors (Lipinski definition) is 0. The quantitative estimate of drug-likeness (QED) is 0.254. The number of hydrogen-bond acceptors (Lipinski definition) is 9. The first kappa shape index (κ1) is 24.9. The molecule has 4 rings (SSSR count). The summed E-state index contributed by atoms with van der Waals surface area (Å²) in [4.78, 5) is 32.2. The lowest BCUT2D eigenvalue weighted by atomic mass is 10.2. The molecule has 1 aliphatic rings. The number of nitrogens with zero attached hydrogens (tertiary/aromatic N) is 4. The number of rotatable bonds is 8. The van der Waals surface area contributed by atoms with Crippen molar-refractivity contribution in [1.82, 2.24) is 9.88 Å². The minimum atomic E-state index is -3.50. The van der Waals surface area contributed by atoms with E-state index in [2.05, 4.69) is 9.88 Å². The normalized spacial score (nSPS) is 15.0. The summed E-state index contributed by atoms with van der Waals surface area (Å²) in [6, 6.07) is 10.9. The molecule has 0 bridgehead atoms. The lowest BCUT2D eigenvalue weighted by Gasteiger charge is -2.28. The molecule has 1 amide bonds. The van der Waals surface area contributed by atoms with E-state index in [4.69, 9.17) is 4.74 Å². The van der Waals surface area contributed by atoms with E-state index in [0.29, 0.717) is 47.2 Å². The van der Waals surface area contributed by atoms with Crippen molar-refractivity contribution in [3.63, 3.8) is 0 Å². The summed E-state index contributed by atoms with van der Waals surface area (Å²) in [5.74, 6) is -0.357. The van der Waals surface area contributed by atoms with Crippen LogP contribution in [0.1, 0.15) is 5.56 Å². The Bertz CT molecular complexity index is 1380. The van der Waals surface area contributed by atoms with Gasteiger partial charge in [0.05, 0.1) is 27.7 Å². The lowest BCUT2D eigenvalue weighted by molar-refractivity contribution is -0.384. The highest BCUT2D eigenvalue weighted by molar-refractivity contribution is 7.91. The summed E-state index contributed by atoms with van der Waals surface area (Å²) in [5.41, 5.74) is 0.787.